The Bertz CT molecular complexity index is 845. The number of benzene rings is 1. The van der Waals surface area contributed by atoms with Gasteiger partial charge < -0.3 is 19.6 Å². The van der Waals surface area contributed by atoms with Crippen LogP contribution in [-0.2, 0) is 16.1 Å². The maximum atomic E-state index is 12.2. The molecule has 31 heavy (non-hydrogen) atoms. The minimum atomic E-state index is -0.642. The fourth-order valence-electron chi connectivity index (χ4n) is 3.73. The van der Waals surface area contributed by atoms with Gasteiger partial charge in [0.05, 0.1) is 23.9 Å². The zero-order valence-corrected chi connectivity index (χ0v) is 19.0. The lowest BCUT2D eigenvalue weighted by molar-refractivity contribution is -0.130. The number of aliphatic hydroxyl groups is 1. The number of hydrogen-bond acceptors (Lipinski definition) is 6. The SMILES string of the molecule is CCCCCCN(C)C(=O)CCCOc1cc2c(cc1Cl)N=C1NC(=O)C(CO)N1C2. The number of ether oxygens (including phenoxy) is 1. The van der Waals surface area contributed by atoms with Gasteiger partial charge >= 0.3 is 0 Å². The maximum absolute atomic E-state index is 12.2. The van der Waals surface area contributed by atoms with Crippen molar-refractivity contribution in [2.24, 2.45) is 4.99 Å². The number of unbranched alkanes of at least 4 members (excludes halogenated alkanes) is 3. The lowest BCUT2D eigenvalue weighted by Crippen LogP contribution is -2.39. The predicted octanol–water partition coefficient (Wildman–Crippen LogP) is 2.83. The van der Waals surface area contributed by atoms with Crippen LogP contribution >= 0.6 is 11.6 Å². The largest absolute Gasteiger partial charge is 0.492 e. The van der Waals surface area contributed by atoms with Crippen LogP contribution in [0.25, 0.3) is 0 Å². The number of fused-ring (bicyclic) bond motifs is 2. The van der Waals surface area contributed by atoms with E-state index in [4.69, 9.17) is 16.3 Å². The Labute approximate surface area is 188 Å². The average molecular weight is 451 g/mol. The van der Waals surface area contributed by atoms with Crippen molar-refractivity contribution >= 4 is 35.1 Å². The predicted molar refractivity (Wildman–Crippen MR) is 120 cm³/mol. The van der Waals surface area contributed by atoms with Crippen molar-refractivity contribution in [3.05, 3.63) is 22.7 Å². The molecule has 8 nitrogen and oxygen atoms in total. The molecule has 2 aliphatic heterocycles. The van der Waals surface area contributed by atoms with Gasteiger partial charge in [-0.25, -0.2) is 4.99 Å². The van der Waals surface area contributed by atoms with Crippen LogP contribution < -0.4 is 10.1 Å². The second-order valence-corrected chi connectivity index (χ2v) is 8.40. The average Bonchev–Trinajstić information content (AvgIpc) is 3.06. The fourth-order valence-corrected chi connectivity index (χ4v) is 3.95. The molecule has 0 bridgehead atoms. The van der Waals surface area contributed by atoms with E-state index < -0.39 is 6.04 Å². The third-order valence-electron chi connectivity index (χ3n) is 5.62. The van der Waals surface area contributed by atoms with Crippen LogP contribution in [0.2, 0.25) is 5.02 Å². The van der Waals surface area contributed by atoms with E-state index in [1.807, 2.05) is 13.1 Å². The van der Waals surface area contributed by atoms with Crippen molar-refractivity contribution in [2.45, 2.75) is 58.0 Å². The molecule has 0 aliphatic carbocycles. The summed E-state index contributed by atoms with van der Waals surface area (Å²) >= 11 is 6.35. The third-order valence-corrected chi connectivity index (χ3v) is 5.92. The van der Waals surface area contributed by atoms with Crippen molar-refractivity contribution in [3.63, 3.8) is 0 Å². The lowest BCUT2D eigenvalue weighted by atomic mass is 10.1. The van der Waals surface area contributed by atoms with E-state index in [2.05, 4.69) is 17.2 Å². The van der Waals surface area contributed by atoms with Crippen LogP contribution in [0.15, 0.2) is 17.1 Å². The van der Waals surface area contributed by atoms with Crippen LogP contribution in [0.3, 0.4) is 0 Å². The number of aliphatic hydroxyl groups excluding tert-OH is 1. The summed E-state index contributed by atoms with van der Waals surface area (Å²) in [5, 5.41) is 12.6. The standard InChI is InChI=1S/C22H31ClN4O4/c1-3-4-5-6-9-26(2)20(29)8-7-10-31-19-11-15-13-27-18(14-28)21(30)25-22(27)24-17(15)12-16(19)23/h11-12,18,28H,3-10,13-14H2,1-2H3,(H,24,25,30). The minimum absolute atomic E-state index is 0.125. The van der Waals surface area contributed by atoms with Crippen molar-refractivity contribution in [1.29, 1.82) is 0 Å². The summed E-state index contributed by atoms with van der Waals surface area (Å²) in [7, 11) is 1.85. The van der Waals surface area contributed by atoms with Gasteiger partial charge in [0.2, 0.25) is 11.9 Å². The van der Waals surface area contributed by atoms with Crippen LogP contribution in [0.5, 0.6) is 5.75 Å². The maximum Gasteiger partial charge on any atom is 0.251 e. The summed E-state index contributed by atoms with van der Waals surface area (Å²) < 4.78 is 5.83. The first kappa shape index (κ1) is 23.3. The van der Waals surface area contributed by atoms with Crippen molar-refractivity contribution < 1.29 is 19.4 Å². The molecule has 9 heteroatoms. The molecular formula is C22H31ClN4O4. The quantitative estimate of drug-likeness (QED) is 0.505. The van der Waals surface area contributed by atoms with Crippen molar-refractivity contribution in [3.8, 4) is 5.75 Å². The first-order valence-electron chi connectivity index (χ1n) is 10.9. The molecule has 2 aliphatic rings. The molecule has 3 rings (SSSR count). The zero-order valence-electron chi connectivity index (χ0n) is 18.2. The second-order valence-electron chi connectivity index (χ2n) is 7.99. The van der Waals surface area contributed by atoms with Crippen LogP contribution in [-0.4, -0.2) is 65.5 Å². The number of nitrogens with one attached hydrogen (secondary N) is 1. The highest BCUT2D eigenvalue weighted by Crippen LogP contribution is 2.37. The zero-order chi connectivity index (χ0) is 22.4. The summed E-state index contributed by atoms with van der Waals surface area (Å²) in [4.78, 5) is 32.2. The highest BCUT2D eigenvalue weighted by atomic mass is 35.5. The molecule has 1 atom stereocenters. The van der Waals surface area contributed by atoms with Gasteiger partial charge in [0.15, 0.2) is 0 Å². The number of halogens is 1. The number of hydrogen-bond donors (Lipinski definition) is 2. The van der Waals surface area contributed by atoms with Gasteiger partial charge in [-0.3, -0.25) is 14.9 Å². The molecule has 1 unspecified atom stereocenters. The molecule has 1 aromatic rings. The minimum Gasteiger partial charge on any atom is -0.492 e. The molecule has 2 heterocycles. The van der Waals surface area contributed by atoms with Gasteiger partial charge in [-0.05, 0) is 25.0 Å². The molecule has 2 amide bonds. The summed E-state index contributed by atoms with van der Waals surface area (Å²) in [5.74, 6) is 0.813. The Hall–Kier alpha value is -2.32. The van der Waals surface area contributed by atoms with Gasteiger partial charge in [-0.2, -0.15) is 0 Å². The number of rotatable bonds is 11. The smallest absolute Gasteiger partial charge is 0.251 e. The summed E-state index contributed by atoms with van der Waals surface area (Å²) in [6, 6.07) is 2.89. The fraction of sp³-hybridized carbons (Fsp3) is 0.591. The van der Waals surface area contributed by atoms with E-state index in [9.17, 15) is 14.7 Å². The Morgan fingerprint density at radius 1 is 1.35 bits per heavy atom. The van der Waals surface area contributed by atoms with Gasteiger partial charge in [0.25, 0.3) is 5.91 Å². The molecule has 0 radical (unpaired) electrons. The normalized spacial score (nSPS) is 17.0. The van der Waals surface area contributed by atoms with E-state index >= 15 is 0 Å². The first-order valence-corrected chi connectivity index (χ1v) is 11.3. The van der Waals surface area contributed by atoms with Crippen LogP contribution in [0.1, 0.15) is 51.0 Å². The lowest BCUT2D eigenvalue weighted by Gasteiger charge is -2.27. The molecule has 1 saturated heterocycles. The number of aliphatic imine (C=N–C) groups is 1. The molecular weight excluding hydrogens is 420 g/mol. The van der Waals surface area contributed by atoms with Gasteiger partial charge in [0, 0.05) is 32.1 Å². The summed E-state index contributed by atoms with van der Waals surface area (Å²) in [5.41, 5.74) is 1.53. The van der Waals surface area contributed by atoms with Crippen LogP contribution in [0.4, 0.5) is 5.69 Å². The number of guanidine groups is 1. The van der Waals surface area contributed by atoms with Crippen LogP contribution in [0, 0.1) is 0 Å². The molecule has 2 N–H and O–H groups in total. The van der Waals surface area contributed by atoms with E-state index in [1.165, 1.54) is 12.8 Å². The Morgan fingerprint density at radius 2 is 2.16 bits per heavy atom. The molecule has 1 aromatic carbocycles. The van der Waals surface area contributed by atoms with E-state index in [0.29, 0.717) is 48.4 Å². The molecule has 0 aromatic heterocycles. The first-order chi connectivity index (χ1) is 14.9. The second kappa shape index (κ2) is 10.8. The highest BCUT2D eigenvalue weighted by Gasteiger charge is 2.38. The molecule has 0 saturated carbocycles. The number of nitrogens with zero attached hydrogens (tertiary/aromatic N) is 3. The van der Waals surface area contributed by atoms with Crippen molar-refractivity contribution in [2.75, 3.05) is 26.8 Å². The number of carbonyl (C=O) groups excluding carboxylic acids is 2. The van der Waals surface area contributed by atoms with Gasteiger partial charge in [-0.1, -0.05) is 37.8 Å². The van der Waals surface area contributed by atoms with E-state index in [1.54, 1.807) is 15.9 Å². The van der Waals surface area contributed by atoms with E-state index in [0.717, 1.165) is 24.9 Å². The Balaban J connectivity index is 1.50. The van der Waals surface area contributed by atoms with Gasteiger partial charge in [0.1, 0.15) is 11.8 Å². The Morgan fingerprint density at radius 3 is 2.90 bits per heavy atom. The molecule has 170 valence electrons. The highest BCUT2D eigenvalue weighted by molar-refractivity contribution is 6.32. The molecule has 1 fully saturated rings. The number of carbonyl (C=O) groups is 2. The van der Waals surface area contributed by atoms with Gasteiger partial charge in [-0.15, -0.1) is 0 Å². The van der Waals surface area contributed by atoms with E-state index in [-0.39, 0.29) is 18.4 Å². The number of amides is 2. The van der Waals surface area contributed by atoms with Crippen molar-refractivity contribution in [1.82, 2.24) is 15.1 Å². The Kier molecular flexibility index (Phi) is 8.15. The summed E-state index contributed by atoms with van der Waals surface area (Å²) in [6.45, 7) is 3.49. The topological polar surface area (TPSA) is 94.5 Å². The third kappa shape index (κ3) is 5.68. The monoisotopic (exact) mass is 450 g/mol. The summed E-state index contributed by atoms with van der Waals surface area (Å²) in [6.07, 6.45) is 5.61. The molecule has 0 spiro atoms.